The molecule has 15 heavy (non-hydrogen) atoms. The summed E-state index contributed by atoms with van der Waals surface area (Å²) >= 11 is 0. The van der Waals surface area contributed by atoms with E-state index in [1.165, 1.54) is 0 Å². The fourth-order valence-corrected chi connectivity index (χ4v) is 1.56. The van der Waals surface area contributed by atoms with Gasteiger partial charge in [0.15, 0.2) is 5.78 Å². The van der Waals surface area contributed by atoms with Crippen LogP contribution < -0.4 is 5.56 Å². The highest BCUT2D eigenvalue weighted by atomic mass is 16.1. The summed E-state index contributed by atoms with van der Waals surface area (Å²) in [5.41, 5.74) is 1.07. The van der Waals surface area contributed by atoms with Crippen molar-refractivity contribution in [1.82, 2.24) is 4.98 Å². The second-order valence-corrected chi connectivity index (χ2v) is 3.19. The van der Waals surface area contributed by atoms with E-state index in [1.807, 2.05) is 6.07 Å². The first-order valence-corrected chi connectivity index (χ1v) is 4.58. The molecule has 1 aliphatic heterocycles. The second-order valence-electron chi connectivity index (χ2n) is 3.19. The van der Waals surface area contributed by atoms with Gasteiger partial charge in [0.25, 0.3) is 5.56 Å². The largest absolute Gasteiger partial charge is 0.321 e. The SMILES string of the molecule is [B]CC(=O)c1c2cccccc-2[nH]c1=O. The maximum absolute atomic E-state index is 11.5. The van der Waals surface area contributed by atoms with Gasteiger partial charge in [-0.3, -0.25) is 9.59 Å². The number of hydrogen-bond donors (Lipinski definition) is 1. The smallest absolute Gasteiger partial charge is 0.259 e. The van der Waals surface area contributed by atoms with Crippen LogP contribution in [-0.4, -0.2) is 18.6 Å². The fourth-order valence-electron chi connectivity index (χ4n) is 1.56. The van der Waals surface area contributed by atoms with Gasteiger partial charge in [0.1, 0.15) is 0 Å². The van der Waals surface area contributed by atoms with E-state index < -0.39 is 0 Å². The highest BCUT2D eigenvalue weighted by Crippen LogP contribution is 2.21. The Morgan fingerprint density at radius 1 is 1.27 bits per heavy atom. The topological polar surface area (TPSA) is 49.9 Å². The number of hydrogen-bond acceptors (Lipinski definition) is 2. The molecule has 0 aromatic rings. The molecule has 2 aliphatic rings. The normalized spacial score (nSPS) is 10.4. The fraction of sp³-hybridized carbons (Fsp3) is 0.0909. The Balaban J connectivity index is 2.74. The van der Waals surface area contributed by atoms with E-state index in [2.05, 4.69) is 4.98 Å². The van der Waals surface area contributed by atoms with Crippen LogP contribution >= 0.6 is 0 Å². The molecule has 0 aromatic carbocycles. The van der Waals surface area contributed by atoms with E-state index in [1.54, 1.807) is 24.3 Å². The summed E-state index contributed by atoms with van der Waals surface area (Å²) < 4.78 is 0. The van der Waals surface area contributed by atoms with Crippen molar-refractivity contribution in [3.63, 3.8) is 0 Å². The first kappa shape index (κ1) is 9.71. The van der Waals surface area contributed by atoms with Crippen molar-refractivity contribution >= 4 is 13.6 Å². The van der Waals surface area contributed by atoms with Crippen molar-refractivity contribution in [2.75, 3.05) is 0 Å². The van der Waals surface area contributed by atoms with Crippen LogP contribution in [0.1, 0.15) is 10.4 Å². The van der Waals surface area contributed by atoms with Gasteiger partial charge in [0.2, 0.25) is 0 Å². The summed E-state index contributed by atoms with van der Waals surface area (Å²) in [6.45, 7) is 0. The first-order chi connectivity index (χ1) is 7.24. The molecule has 0 saturated carbocycles. The minimum atomic E-state index is -0.369. The third-order valence-corrected chi connectivity index (χ3v) is 2.25. The molecule has 0 amide bonds. The maximum Gasteiger partial charge on any atom is 0.259 e. The minimum absolute atomic E-state index is 0.152. The summed E-state index contributed by atoms with van der Waals surface area (Å²) in [6.07, 6.45) is -0.152. The number of Topliss-reactive ketones (excluding diaryl/α,β-unsaturated/α-hetero) is 1. The Hall–Kier alpha value is -1.84. The number of aromatic nitrogens is 1. The molecule has 1 aliphatic carbocycles. The van der Waals surface area contributed by atoms with Crippen molar-refractivity contribution < 1.29 is 4.79 Å². The zero-order valence-electron chi connectivity index (χ0n) is 7.99. The summed E-state index contributed by atoms with van der Waals surface area (Å²) in [6, 6.07) is 8.90. The van der Waals surface area contributed by atoms with Gasteiger partial charge >= 0.3 is 0 Å². The van der Waals surface area contributed by atoms with Gasteiger partial charge in [0, 0.05) is 11.3 Å². The van der Waals surface area contributed by atoms with Gasteiger partial charge < -0.3 is 4.98 Å². The van der Waals surface area contributed by atoms with Crippen LogP contribution in [-0.2, 0) is 0 Å². The number of carbonyl (C=O) groups excluding carboxylic acids is 1. The lowest BCUT2D eigenvalue weighted by Gasteiger charge is -1.95. The van der Waals surface area contributed by atoms with Crippen molar-refractivity contribution in [3.8, 4) is 11.3 Å². The van der Waals surface area contributed by atoms with Crippen LogP contribution in [0.25, 0.3) is 11.3 Å². The number of fused-ring (bicyclic) bond motifs is 1. The summed E-state index contributed by atoms with van der Waals surface area (Å²) in [7, 11) is 5.25. The average Bonchev–Trinajstić information content (AvgIpc) is 2.40. The van der Waals surface area contributed by atoms with Gasteiger partial charge in [-0.2, -0.15) is 0 Å². The number of carbonyl (C=O) groups is 1. The Morgan fingerprint density at radius 3 is 2.73 bits per heavy atom. The van der Waals surface area contributed by atoms with Crippen molar-refractivity contribution in [2.45, 2.75) is 6.32 Å². The van der Waals surface area contributed by atoms with Crippen molar-refractivity contribution in [3.05, 3.63) is 46.2 Å². The predicted octanol–water partition coefficient (Wildman–Crippen LogP) is 1.25. The van der Waals surface area contributed by atoms with E-state index in [0.717, 1.165) is 0 Å². The third kappa shape index (κ3) is 1.58. The predicted molar refractivity (Wildman–Crippen MR) is 58.6 cm³/mol. The molecule has 0 aromatic heterocycles. The van der Waals surface area contributed by atoms with Crippen molar-refractivity contribution in [1.29, 1.82) is 0 Å². The lowest BCUT2D eigenvalue weighted by molar-refractivity contribution is 0.101. The zero-order valence-corrected chi connectivity index (χ0v) is 7.99. The number of rotatable bonds is 2. The summed E-state index contributed by atoms with van der Waals surface area (Å²) in [5, 5.41) is 0. The van der Waals surface area contributed by atoms with Crippen LogP contribution in [0.3, 0.4) is 0 Å². The molecule has 72 valence electrons. The second kappa shape index (κ2) is 3.73. The van der Waals surface area contributed by atoms with Gasteiger partial charge in [-0.1, -0.05) is 24.3 Å². The van der Waals surface area contributed by atoms with E-state index >= 15 is 0 Å². The Labute approximate surface area is 87.9 Å². The summed E-state index contributed by atoms with van der Waals surface area (Å²) in [4.78, 5) is 25.6. The lowest BCUT2D eigenvalue weighted by atomic mass is 9.94. The van der Waals surface area contributed by atoms with Crippen LogP contribution in [0, 0.1) is 0 Å². The standard InChI is InChI=1S/C11H8BNO2/c12-6-9(14)10-7-4-2-1-3-5-8(7)13-11(10)15/h1-5H,6H2,(H,13,15). The van der Waals surface area contributed by atoms with Crippen LogP contribution in [0.2, 0.25) is 6.32 Å². The number of ketones is 1. The molecule has 2 radical (unpaired) electrons. The molecule has 0 bridgehead atoms. The molecule has 1 heterocycles. The van der Waals surface area contributed by atoms with Gasteiger partial charge in [-0.25, -0.2) is 0 Å². The molecule has 0 unspecified atom stereocenters. The minimum Gasteiger partial charge on any atom is -0.321 e. The Morgan fingerprint density at radius 2 is 2.00 bits per heavy atom. The van der Waals surface area contributed by atoms with E-state index in [9.17, 15) is 9.59 Å². The van der Waals surface area contributed by atoms with E-state index in [0.29, 0.717) is 11.3 Å². The Kier molecular flexibility index (Phi) is 2.41. The molecule has 0 atom stereocenters. The van der Waals surface area contributed by atoms with Gasteiger partial charge in [-0.15, -0.1) is 0 Å². The van der Waals surface area contributed by atoms with Crippen LogP contribution in [0.5, 0.6) is 0 Å². The molecule has 2 rings (SSSR count). The summed E-state index contributed by atoms with van der Waals surface area (Å²) in [5.74, 6) is -0.336. The quantitative estimate of drug-likeness (QED) is 0.581. The number of nitrogens with one attached hydrogen (secondary N) is 1. The molecule has 1 N–H and O–H groups in total. The molecule has 0 saturated heterocycles. The molecular weight excluding hydrogens is 189 g/mol. The lowest BCUT2D eigenvalue weighted by Crippen LogP contribution is -2.11. The third-order valence-electron chi connectivity index (χ3n) is 2.25. The van der Waals surface area contributed by atoms with Crippen molar-refractivity contribution in [2.24, 2.45) is 0 Å². The number of aromatic amines is 1. The molecule has 4 heteroatoms. The van der Waals surface area contributed by atoms with E-state index in [4.69, 9.17) is 7.85 Å². The van der Waals surface area contributed by atoms with Gasteiger partial charge in [-0.05, 0) is 12.4 Å². The number of H-pyrrole nitrogens is 1. The van der Waals surface area contributed by atoms with E-state index in [-0.39, 0.29) is 23.2 Å². The first-order valence-electron chi connectivity index (χ1n) is 4.58. The van der Waals surface area contributed by atoms with Crippen LogP contribution in [0.15, 0.2) is 35.1 Å². The Bertz CT molecular complexity index is 533. The monoisotopic (exact) mass is 197 g/mol. The molecule has 0 fully saturated rings. The average molecular weight is 197 g/mol. The molecular formula is C11H8BNO2. The highest BCUT2D eigenvalue weighted by Gasteiger charge is 2.18. The maximum atomic E-state index is 11.5. The van der Waals surface area contributed by atoms with Gasteiger partial charge in [0.05, 0.1) is 13.4 Å². The zero-order chi connectivity index (χ0) is 10.8. The molecule has 0 spiro atoms. The van der Waals surface area contributed by atoms with Crippen LogP contribution in [0.4, 0.5) is 0 Å². The highest BCUT2D eigenvalue weighted by molar-refractivity contribution is 6.25. The molecule has 3 nitrogen and oxygen atoms in total.